The monoisotopic (exact) mass is 191 g/mol. The van der Waals surface area contributed by atoms with Crippen LogP contribution in [0.25, 0.3) is 0 Å². The Morgan fingerprint density at radius 1 is 1.57 bits per heavy atom. The zero-order valence-corrected chi connectivity index (χ0v) is 8.10. The third kappa shape index (κ3) is 3.35. The molecule has 0 unspecified atom stereocenters. The molecular formula is C10H13N3O. The van der Waals surface area contributed by atoms with Crippen LogP contribution < -0.4 is 5.43 Å². The van der Waals surface area contributed by atoms with Crippen molar-refractivity contribution in [1.82, 2.24) is 10.4 Å². The van der Waals surface area contributed by atoms with Gasteiger partial charge in [-0.25, -0.2) is 5.43 Å². The second kappa shape index (κ2) is 5.85. The van der Waals surface area contributed by atoms with E-state index in [-0.39, 0.29) is 5.91 Å². The van der Waals surface area contributed by atoms with Gasteiger partial charge in [0.25, 0.3) is 5.91 Å². The fraction of sp³-hybridized carbons (Fsp3) is 0.300. The van der Waals surface area contributed by atoms with Crippen LogP contribution in [0.2, 0.25) is 0 Å². The predicted octanol–water partition coefficient (Wildman–Crippen LogP) is 1.60. The summed E-state index contributed by atoms with van der Waals surface area (Å²) in [6.45, 7) is 2.05. The standard InChI is InChI=1S/C10H13N3O/c1-2-3-6-12-13-10(14)9-4-7-11-8-5-9/h4-8H,2-3H2,1H3,(H,13,14)/b12-6+. The molecule has 14 heavy (non-hydrogen) atoms. The number of pyridine rings is 1. The van der Waals surface area contributed by atoms with Crippen LogP contribution in [-0.4, -0.2) is 17.1 Å². The summed E-state index contributed by atoms with van der Waals surface area (Å²) in [6.07, 6.45) is 6.74. The van der Waals surface area contributed by atoms with Gasteiger partial charge in [-0.1, -0.05) is 13.3 Å². The smallest absolute Gasteiger partial charge is 0.267 e. The summed E-state index contributed by atoms with van der Waals surface area (Å²) in [6, 6.07) is 3.29. The Morgan fingerprint density at radius 3 is 2.93 bits per heavy atom. The van der Waals surface area contributed by atoms with Crippen LogP contribution in [0.15, 0.2) is 29.6 Å². The topological polar surface area (TPSA) is 54.4 Å². The van der Waals surface area contributed by atoms with Gasteiger partial charge in [0.15, 0.2) is 0 Å². The maximum absolute atomic E-state index is 11.4. The number of nitrogens with one attached hydrogen (secondary N) is 1. The van der Waals surface area contributed by atoms with E-state index in [1.807, 2.05) is 0 Å². The van der Waals surface area contributed by atoms with Crippen LogP contribution in [0, 0.1) is 0 Å². The zero-order valence-electron chi connectivity index (χ0n) is 8.10. The van der Waals surface area contributed by atoms with Crippen molar-refractivity contribution in [2.75, 3.05) is 0 Å². The molecular weight excluding hydrogens is 178 g/mol. The molecule has 0 saturated carbocycles. The average Bonchev–Trinajstić information content (AvgIpc) is 2.25. The van der Waals surface area contributed by atoms with E-state index in [9.17, 15) is 4.79 Å². The van der Waals surface area contributed by atoms with Crippen molar-refractivity contribution in [2.45, 2.75) is 19.8 Å². The quantitative estimate of drug-likeness (QED) is 0.580. The number of carbonyl (C=O) groups excluding carboxylic acids is 1. The number of nitrogens with zero attached hydrogens (tertiary/aromatic N) is 2. The highest BCUT2D eigenvalue weighted by molar-refractivity contribution is 5.94. The summed E-state index contributed by atoms with van der Waals surface area (Å²) < 4.78 is 0. The Hall–Kier alpha value is -1.71. The Balaban J connectivity index is 2.44. The van der Waals surface area contributed by atoms with Crippen LogP contribution in [-0.2, 0) is 0 Å². The van der Waals surface area contributed by atoms with Gasteiger partial charge in [0.1, 0.15) is 0 Å². The Bertz CT molecular complexity index is 308. The van der Waals surface area contributed by atoms with Crippen molar-refractivity contribution in [1.29, 1.82) is 0 Å². The molecule has 1 aromatic rings. The van der Waals surface area contributed by atoms with Crippen molar-refractivity contribution < 1.29 is 4.79 Å². The molecule has 0 aliphatic heterocycles. The van der Waals surface area contributed by atoms with Crippen molar-refractivity contribution in [3.8, 4) is 0 Å². The number of hydrogen-bond donors (Lipinski definition) is 1. The third-order valence-electron chi connectivity index (χ3n) is 1.62. The minimum absolute atomic E-state index is 0.209. The van der Waals surface area contributed by atoms with Crippen molar-refractivity contribution in [3.05, 3.63) is 30.1 Å². The Kier molecular flexibility index (Phi) is 4.34. The van der Waals surface area contributed by atoms with E-state index < -0.39 is 0 Å². The van der Waals surface area contributed by atoms with Crippen molar-refractivity contribution in [3.63, 3.8) is 0 Å². The van der Waals surface area contributed by atoms with E-state index in [0.717, 1.165) is 12.8 Å². The van der Waals surface area contributed by atoms with Gasteiger partial charge in [-0.05, 0) is 18.6 Å². The molecule has 0 spiro atoms. The second-order valence-electron chi connectivity index (χ2n) is 2.78. The summed E-state index contributed by atoms with van der Waals surface area (Å²) in [7, 11) is 0. The van der Waals surface area contributed by atoms with Crippen LogP contribution in [0.3, 0.4) is 0 Å². The fourth-order valence-corrected chi connectivity index (χ4v) is 0.866. The van der Waals surface area contributed by atoms with E-state index in [1.54, 1.807) is 30.7 Å². The first-order valence-corrected chi connectivity index (χ1v) is 4.56. The minimum Gasteiger partial charge on any atom is -0.267 e. The number of unbranched alkanes of at least 4 members (excludes halogenated alkanes) is 1. The van der Waals surface area contributed by atoms with E-state index >= 15 is 0 Å². The van der Waals surface area contributed by atoms with E-state index in [2.05, 4.69) is 22.4 Å². The molecule has 0 aliphatic carbocycles. The number of amides is 1. The zero-order chi connectivity index (χ0) is 10.2. The normalized spacial score (nSPS) is 10.4. The maximum atomic E-state index is 11.4. The first-order valence-electron chi connectivity index (χ1n) is 4.56. The van der Waals surface area contributed by atoms with Crippen LogP contribution in [0.4, 0.5) is 0 Å². The molecule has 74 valence electrons. The van der Waals surface area contributed by atoms with E-state index in [1.165, 1.54) is 0 Å². The molecule has 1 amide bonds. The van der Waals surface area contributed by atoms with Crippen LogP contribution in [0.5, 0.6) is 0 Å². The van der Waals surface area contributed by atoms with Gasteiger partial charge in [-0.15, -0.1) is 0 Å². The van der Waals surface area contributed by atoms with Gasteiger partial charge in [-0.3, -0.25) is 9.78 Å². The molecule has 0 bridgehead atoms. The molecule has 0 fully saturated rings. The number of aromatic nitrogens is 1. The number of rotatable bonds is 4. The summed E-state index contributed by atoms with van der Waals surface area (Å²) >= 11 is 0. The molecule has 0 saturated heterocycles. The lowest BCUT2D eigenvalue weighted by molar-refractivity contribution is 0.0955. The molecule has 4 nitrogen and oxygen atoms in total. The van der Waals surface area contributed by atoms with Gasteiger partial charge in [0.2, 0.25) is 0 Å². The SMILES string of the molecule is CCC/C=N/NC(=O)c1ccncc1. The number of hydrogen-bond acceptors (Lipinski definition) is 3. The van der Waals surface area contributed by atoms with Crippen LogP contribution >= 0.6 is 0 Å². The minimum atomic E-state index is -0.209. The summed E-state index contributed by atoms with van der Waals surface area (Å²) in [5, 5.41) is 3.79. The molecule has 0 atom stereocenters. The highest BCUT2D eigenvalue weighted by Crippen LogP contribution is 1.94. The van der Waals surface area contributed by atoms with Gasteiger partial charge in [-0.2, -0.15) is 5.10 Å². The van der Waals surface area contributed by atoms with Gasteiger partial charge in [0, 0.05) is 24.2 Å². The highest BCUT2D eigenvalue weighted by Gasteiger charge is 2.01. The molecule has 1 rings (SSSR count). The summed E-state index contributed by atoms with van der Waals surface area (Å²) in [4.78, 5) is 15.2. The lowest BCUT2D eigenvalue weighted by Crippen LogP contribution is -2.17. The summed E-state index contributed by atoms with van der Waals surface area (Å²) in [5.41, 5.74) is 3.00. The lowest BCUT2D eigenvalue weighted by atomic mass is 10.3. The number of carbonyl (C=O) groups is 1. The molecule has 0 aromatic carbocycles. The summed E-state index contributed by atoms with van der Waals surface area (Å²) in [5.74, 6) is -0.209. The van der Waals surface area contributed by atoms with E-state index in [4.69, 9.17) is 0 Å². The average molecular weight is 191 g/mol. The second-order valence-corrected chi connectivity index (χ2v) is 2.78. The van der Waals surface area contributed by atoms with Crippen LogP contribution in [0.1, 0.15) is 30.1 Å². The molecule has 1 heterocycles. The lowest BCUT2D eigenvalue weighted by Gasteiger charge is -1.97. The maximum Gasteiger partial charge on any atom is 0.271 e. The Labute approximate surface area is 83.1 Å². The van der Waals surface area contributed by atoms with E-state index in [0.29, 0.717) is 5.56 Å². The molecule has 0 radical (unpaired) electrons. The third-order valence-corrected chi connectivity index (χ3v) is 1.62. The number of hydrazone groups is 1. The Morgan fingerprint density at radius 2 is 2.29 bits per heavy atom. The predicted molar refractivity (Wildman–Crippen MR) is 55.1 cm³/mol. The van der Waals surface area contributed by atoms with Gasteiger partial charge >= 0.3 is 0 Å². The largest absolute Gasteiger partial charge is 0.271 e. The van der Waals surface area contributed by atoms with Crippen molar-refractivity contribution in [2.24, 2.45) is 5.10 Å². The first kappa shape index (κ1) is 10.4. The molecule has 1 aromatic heterocycles. The van der Waals surface area contributed by atoms with Crippen molar-refractivity contribution >= 4 is 12.1 Å². The van der Waals surface area contributed by atoms with Gasteiger partial charge in [0.05, 0.1) is 0 Å². The molecule has 4 heteroatoms. The first-order chi connectivity index (χ1) is 6.84. The highest BCUT2D eigenvalue weighted by atomic mass is 16.2. The molecule has 1 N–H and O–H groups in total. The fourth-order valence-electron chi connectivity index (χ4n) is 0.866. The molecule has 0 aliphatic rings. The van der Waals surface area contributed by atoms with Gasteiger partial charge < -0.3 is 0 Å².